The van der Waals surface area contributed by atoms with Crippen LogP contribution in [0, 0.1) is 5.41 Å². The number of carbonyl (C=O) groups excluding carboxylic acids is 1. The summed E-state index contributed by atoms with van der Waals surface area (Å²) in [6.45, 7) is 2.92. The number of rotatable bonds is 4. The van der Waals surface area contributed by atoms with E-state index in [0.29, 0.717) is 32.4 Å². The summed E-state index contributed by atoms with van der Waals surface area (Å²) in [5.41, 5.74) is -0.643. The molecule has 0 unspecified atom stereocenters. The lowest BCUT2D eigenvalue weighted by atomic mass is 9.80. The molecule has 0 aromatic rings. The Balaban J connectivity index is 2.42. The number of carbonyl (C=O) groups is 2. The van der Waals surface area contributed by atoms with Gasteiger partial charge < -0.3 is 10.0 Å². The number of nitrogens with zero attached hydrogens (tertiary/aromatic N) is 1. The second-order valence-corrected chi connectivity index (χ2v) is 5.47. The zero-order valence-electron chi connectivity index (χ0n) is 9.86. The molecule has 1 aliphatic heterocycles. The topological polar surface area (TPSA) is 57.6 Å². The van der Waals surface area contributed by atoms with Gasteiger partial charge in [0.2, 0.25) is 5.91 Å². The summed E-state index contributed by atoms with van der Waals surface area (Å²) in [5, 5.41) is 9.06. The van der Waals surface area contributed by atoms with Crippen LogP contribution in [0.15, 0.2) is 0 Å². The third-order valence-electron chi connectivity index (χ3n) is 3.26. The van der Waals surface area contributed by atoms with Gasteiger partial charge in [-0.15, -0.1) is 0 Å². The van der Waals surface area contributed by atoms with Gasteiger partial charge in [0.15, 0.2) is 0 Å². The van der Waals surface area contributed by atoms with Crippen LogP contribution in [0.2, 0.25) is 0 Å². The fourth-order valence-corrected chi connectivity index (χ4v) is 2.19. The van der Waals surface area contributed by atoms with Crippen LogP contribution in [0.1, 0.15) is 26.2 Å². The van der Waals surface area contributed by atoms with Crippen LogP contribution in [0.4, 0.5) is 0 Å². The summed E-state index contributed by atoms with van der Waals surface area (Å²) in [5.74, 6) is 0.247. The average Bonchev–Trinajstić information content (AvgIpc) is 2.26. The number of hydrogen-bond donors (Lipinski definition) is 1. The van der Waals surface area contributed by atoms with Crippen molar-refractivity contribution in [2.24, 2.45) is 5.41 Å². The molecule has 0 atom stereocenters. The van der Waals surface area contributed by atoms with Crippen molar-refractivity contribution < 1.29 is 14.7 Å². The molecular formula is C11H19NO3S. The van der Waals surface area contributed by atoms with Crippen molar-refractivity contribution in [3.8, 4) is 0 Å². The van der Waals surface area contributed by atoms with Crippen LogP contribution >= 0.6 is 11.8 Å². The molecule has 4 nitrogen and oxygen atoms in total. The first-order valence-electron chi connectivity index (χ1n) is 5.50. The lowest BCUT2D eigenvalue weighted by molar-refractivity contribution is -0.152. The van der Waals surface area contributed by atoms with E-state index in [4.69, 9.17) is 5.11 Å². The number of hydrogen-bond acceptors (Lipinski definition) is 3. The number of likely N-dealkylation sites (tertiary alicyclic amines) is 1. The highest BCUT2D eigenvalue weighted by Gasteiger charge is 2.37. The number of carboxylic acid groups (broad SMARTS) is 1. The Hall–Kier alpha value is -0.710. The van der Waals surface area contributed by atoms with E-state index in [-0.39, 0.29) is 5.91 Å². The minimum atomic E-state index is -0.747. The Labute approximate surface area is 100 Å². The molecule has 1 amide bonds. The Bertz CT molecular complexity index is 272. The van der Waals surface area contributed by atoms with E-state index in [1.165, 1.54) is 0 Å². The fourth-order valence-electron chi connectivity index (χ4n) is 1.81. The van der Waals surface area contributed by atoms with E-state index < -0.39 is 11.4 Å². The van der Waals surface area contributed by atoms with Crippen molar-refractivity contribution >= 4 is 23.6 Å². The number of piperidine rings is 1. The van der Waals surface area contributed by atoms with Crippen molar-refractivity contribution in [1.82, 2.24) is 4.90 Å². The molecule has 0 spiro atoms. The average molecular weight is 245 g/mol. The molecule has 0 aliphatic carbocycles. The van der Waals surface area contributed by atoms with E-state index in [1.54, 1.807) is 23.6 Å². The first-order valence-corrected chi connectivity index (χ1v) is 6.89. The van der Waals surface area contributed by atoms with E-state index >= 15 is 0 Å². The first-order chi connectivity index (χ1) is 7.49. The van der Waals surface area contributed by atoms with Crippen LogP contribution in [-0.4, -0.2) is 47.0 Å². The molecule has 5 heteroatoms. The van der Waals surface area contributed by atoms with Gasteiger partial charge in [0.05, 0.1) is 5.41 Å². The molecule has 1 N–H and O–H groups in total. The van der Waals surface area contributed by atoms with Gasteiger partial charge in [0.1, 0.15) is 0 Å². The van der Waals surface area contributed by atoms with Gasteiger partial charge in [0, 0.05) is 25.3 Å². The zero-order valence-corrected chi connectivity index (χ0v) is 10.7. The third-order valence-corrected chi connectivity index (χ3v) is 3.87. The second kappa shape index (κ2) is 5.57. The van der Waals surface area contributed by atoms with Crippen LogP contribution < -0.4 is 0 Å². The van der Waals surface area contributed by atoms with Crippen LogP contribution in [0.5, 0.6) is 0 Å². The van der Waals surface area contributed by atoms with E-state index in [9.17, 15) is 9.59 Å². The molecule has 1 heterocycles. The van der Waals surface area contributed by atoms with Gasteiger partial charge in [-0.25, -0.2) is 0 Å². The van der Waals surface area contributed by atoms with Crippen molar-refractivity contribution in [3.63, 3.8) is 0 Å². The van der Waals surface area contributed by atoms with Gasteiger partial charge in [-0.2, -0.15) is 11.8 Å². The lowest BCUT2D eigenvalue weighted by Crippen LogP contribution is -2.45. The summed E-state index contributed by atoms with van der Waals surface area (Å²) in [7, 11) is 0. The molecule has 0 saturated carbocycles. The number of carboxylic acids is 1. The second-order valence-electron chi connectivity index (χ2n) is 4.49. The molecule has 1 rings (SSSR count). The standard InChI is InChI=1S/C11H19NO3S/c1-11(10(14)15)4-6-12(7-5-11)9(13)3-8-16-2/h3-8H2,1-2H3,(H,14,15). The highest BCUT2D eigenvalue weighted by molar-refractivity contribution is 7.98. The van der Waals surface area contributed by atoms with E-state index in [0.717, 1.165) is 5.75 Å². The maximum atomic E-state index is 11.7. The molecule has 16 heavy (non-hydrogen) atoms. The van der Waals surface area contributed by atoms with Gasteiger partial charge >= 0.3 is 5.97 Å². The van der Waals surface area contributed by atoms with Crippen molar-refractivity contribution in [3.05, 3.63) is 0 Å². The number of amides is 1. The molecule has 92 valence electrons. The molecule has 1 saturated heterocycles. The van der Waals surface area contributed by atoms with Crippen LogP contribution in [0.25, 0.3) is 0 Å². The predicted octanol–water partition coefficient (Wildman–Crippen LogP) is 1.45. The highest BCUT2D eigenvalue weighted by Crippen LogP contribution is 2.31. The monoisotopic (exact) mass is 245 g/mol. The molecule has 1 fully saturated rings. The maximum Gasteiger partial charge on any atom is 0.309 e. The largest absolute Gasteiger partial charge is 0.481 e. The lowest BCUT2D eigenvalue weighted by Gasteiger charge is -2.36. The summed E-state index contributed by atoms with van der Waals surface area (Å²) in [6.07, 6.45) is 3.66. The molecule has 1 aliphatic rings. The Morgan fingerprint density at radius 1 is 1.38 bits per heavy atom. The van der Waals surface area contributed by atoms with Gasteiger partial charge in [-0.05, 0) is 26.0 Å². The SMILES string of the molecule is CSCCC(=O)N1CCC(C)(C(=O)O)CC1. The van der Waals surface area contributed by atoms with Crippen LogP contribution in [0.3, 0.4) is 0 Å². The quantitative estimate of drug-likeness (QED) is 0.814. The Morgan fingerprint density at radius 2 is 1.94 bits per heavy atom. The Kier molecular flexibility index (Phi) is 4.65. The molecule has 0 aromatic carbocycles. The van der Waals surface area contributed by atoms with E-state index in [1.807, 2.05) is 6.26 Å². The summed E-state index contributed by atoms with van der Waals surface area (Å²) < 4.78 is 0. The first kappa shape index (κ1) is 13.4. The number of thioether (sulfide) groups is 1. The van der Waals surface area contributed by atoms with Gasteiger partial charge in [-0.1, -0.05) is 0 Å². The molecule has 0 aromatic heterocycles. The molecule has 0 radical (unpaired) electrons. The van der Waals surface area contributed by atoms with Gasteiger partial charge in [-0.3, -0.25) is 9.59 Å². The van der Waals surface area contributed by atoms with Crippen molar-refractivity contribution in [2.45, 2.75) is 26.2 Å². The van der Waals surface area contributed by atoms with Crippen molar-refractivity contribution in [1.29, 1.82) is 0 Å². The van der Waals surface area contributed by atoms with Crippen LogP contribution in [-0.2, 0) is 9.59 Å². The molecule has 0 bridgehead atoms. The van der Waals surface area contributed by atoms with E-state index in [2.05, 4.69) is 0 Å². The summed E-state index contributed by atoms with van der Waals surface area (Å²) in [6, 6.07) is 0. The zero-order chi connectivity index (χ0) is 12.2. The Morgan fingerprint density at radius 3 is 2.38 bits per heavy atom. The minimum Gasteiger partial charge on any atom is -0.481 e. The highest BCUT2D eigenvalue weighted by atomic mass is 32.2. The van der Waals surface area contributed by atoms with Gasteiger partial charge in [0.25, 0.3) is 0 Å². The fraction of sp³-hybridized carbons (Fsp3) is 0.818. The summed E-state index contributed by atoms with van der Waals surface area (Å²) in [4.78, 5) is 24.5. The normalized spacial score (nSPS) is 19.5. The maximum absolute atomic E-state index is 11.7. The third kappa shape index (κ3) is 3.14. The summed E-state index contributed by atoms with van der Waals surface area (Å²) >= 11 is 1.66. The molecular weight excluding hydrogens is 226 g/mol. The smallest absolute Gasteiger partial charge is 0.309 e. The van der Waals surface area contributed by atoms with Crippen molar-refractivity contribution in [2.75, 3.05) is 25.1 Å². The predicted molar refractivity (Wildman–Crippen MR) is 64.6 cm³/mol. The number of aliphatic carboxylic acids is 1. The minimum absolute atomic E-state index is 0.154.